The molecule has 4 nitrogen and oxygen atoms in total. The van der Waals surface area contributed by atoms with Crippen molar-refractivity contribution in [3.63, 3.8) is 0 Å². The minimum atomic E-state index is -0.0321. The second-order valence-corrected chi connectivity index (χ2v) is 6.23. The third kappa shape index (κ3) is 2.11. The fourth-order valence-electron chi connectivity index (χ4n) is 2.64. The lowest BCUT2D eigenvalue weighted by molar-refractivity contribution is -0.153. The first kappa shape index (κ1) is 11.3. The maximum absolute atomic E-state index is 6.13. The van der Waals surface area contributed by atoms with E-state index in [-0.39, 0.29) is 11.3 Å². The zero-order valence-corrected chi connectivity index (χ0v) is 10.4. The molecular formula is C11H20N2O2S. The minimum Gasteiger partial charge on any atom is -0.378 e. The summed E-state index contributed by atoms with van der Waals surface area (Å²) in [6, 6.07) is 0. The molecule has 3 rings (SSSR count). The van der Waals surface area contributed by atoms with E-state index < -0.39 is 0 Å². The van der Waals surface area contributed by atoms with Gasteiger partial charge in [-0.3, -0.25) is 5.32 Å². The van der Waals surface area contributed by atoms with Crippen molar-refractivity contribution < 1.29 is 9.47 Å². The molecule has 1 unspecified atom stereocenters. The quantitative estimate of drug-likeness (QED) is 0.637. The van der Waals surface area contributed by atoms with Crippen LogP contribution >= 0.6 is 11.8 Å². The van der Waals surface area contributed by atoms with E-state index in [1.165, 1.54) is 11.5 Å². The molecule has 2 N–H and O–H groups in total. The number of morpholine rings is 1. The van der Waals surface area contributed by atoms with Gasteiger partial charge in [0.15, 0.2) is 0 Å². The minimum absolute atomic E-state index is 0.0219. The Morgan fingerprint density at radius 3 is 2.56 bits per heavy atom. The van der Waals surface area contributed by atoms with Crippen LogP contribution in [0.5, 0.6) is 0 Å². The third-order valence-corrected chi connectivity index (χ3v) is 4.78. The van der Waals surface area contributed by atoms with Gasteiger partial charge in [-0.1, -0.05) is 0 Å². The maximum atomic E-state index is 6.13. The first-order valence-electron chi connectivity index (χ1n) is 6.12. The van der Waals surface area contributed by atoms with Crippen LogP contribution in [0, 0.1) is 0 Å². The average molecular weight is 244 g/mol. The highest BCUT2D eigenvalue weighted by atomic mass is 32.2. The predicted molar refractivity (Wildman–Crippen MR) is 64.8 cm³/mol. The summed E-state index contributed by atoms with van der Waals surface area (Å²) >= 11 is 2.03. The van der Waals surface area contributed by atoms with Gasteiger partial charge in [0.05, 0.1) is 25.4 Å². The Morgan fingerprint density at radius 1 is 1.06 bits per heavy atom. The van der Waals surface area contributed by atoms with E-state index >= 15 is 0 Å². The normalized spacial score (nSPS) is 39.0. The van der Waals surface area contributed by atoms with Crippen LogP contribution in [0.25, 0.3) is 0 Å². The number of hydrogen-bond donors (Lipinski definition) is 2. The van der Waals surface area contributed by atoms with Gasteiger partial charge in [-0.2, -0.15) is 11.8 Å². The monoisotopic (exact) mass is 244 g/mol. The van der Waals surface area contributed by atoms with Gasteiger partial charge in [0.1, 0.15) is 5.72 Å². The van der Waals surface area contributed by atoms with Crippen molar-refractivity contribution in [2.75, 3.05) is 44.4 Å². The van der Waals surface area contributed by atoms with Crippen LogP contribution in [-0.2, 0) is 9.47 Å². The van der Waals surface area contributed by atoms with Crippen molar-refractivity contribution >= 4 is 11.8 Å². The zero-order valence-electron chi connectivity index (χ0n) is 9.59. The molecule has 5 heteroatoms. The molecule has 0 aromatic heterocycles. The molecule has 3 aliphatic heterocycles. The van der Waals surface area contributed by atoms with E-state index in [4.69, 9.17) is 9.47 Å². The molecule has 0 aromatic carbocycles. The summed E-state index contributed by atoms with van der Waals surface area (Å²) < 4.78 is 11.7. The molecule has 3 saturated heterocycles. The van der Waals surface area contributed by atoms with Crippen LogP contribution in [0.15, 0.2) is 0 Å². The number of rotatable bonds is 0. The van der Waals surface area contributed by atoms with E-state index in [0.29, 0.717) is 0 Å². The van der Waals surface area contributed by atoms with Crippen LogP contribution in [0.2, 0.25) is 0 Å². The Labute approximate surface area is 101 Å². The second kappa shape index (κ2) is 4.46. The molecule has 0 saturated carbocycles. The largest absolute Gasteiger partial charge is 0.378 e. The van der Waals surface area contributed by atoms with Gasteiger partial charge in [-0.25, -0.2) is 0 Å². The summed E-state index contributed by atoms with van der Waals surface area (Å²) in [6.45, 7) is 4.28. The molecule has 92 valence electrons. The summed E-state index contributed by atoms with van der Waals surface area (Å²) in [5.74, 6) is 2.42. The lowest BCUT2D eigenvalue weighted by Gasteiger charge is -2.50. The van der Waals surface area contributed by atoms with Gasteiger partial charge in [0.2, 0.25) is 0 Å². The molecule has 3 heterocycles. The number of thioether (sulfide) groups is 1. The summed E-state index contributed by atoms with van der Waals surface area (Å²) in [5.41, 5.74) is -0.0102. The fraction of sp³-hybridized carbons (Fsp3) is 1.00. The molecule has 2 spiro atoms. The van der Waals surface area contributed by atoms with Crippen LogP contribution in [-0.4, -0.2) is 55.7 Å². The van der Waals surface area contributed by atoms with E-state index in [1.807, 2.05) is 11.8 Å². The Kier molecular flexibility index (Phi) is 3.15. The molecule has 1 atom stereocenters. The lowest BCUT2D eigenvalue weighted by Crippen LogP contribution is -2.71. The van der Waals surface area contributed by atoms with Crippen molar-refractivity contribution in [2.45, 2.75) is 24.1 Å². The summed E-state index contributed by atoms with van der Waals surface area (Å²) in [5, 5.41) is 7.16. The van der Waals surface area contributed by atoms with Gasteiger partial charge in [0.25, 0.3) is 0 Å². The maximum Gasteiger partial charge on any atom is 0.120 e. The van der Waals surface area contributed by atoms with E-state index in [2.05, 4.69) is 10.6 Å². The highest BCUT2D eigenvalue weighted by Gasteiger charge is 2.44. The average Bonchev–Trinajstić information content (AvgIpc) is 2.36. The molecule has 0 aliphatic carbocycles. The van der Waals surface area contributed by atoms with E-state index in [9.17, 15) is 0 Å². The van der Waals surface area contributed by atoms with Crippen molar-refractivity contribution in [2.24, 2.45) is 0 Å². The second-order valence-electron chi connectivity index (χ2n) is 5.01. The SMILES string of the molecule is C1COCC2(CNC3(CCSCC3)OC2)N1. The molecule has 0 bridgehead atoms. The van der Waals surface area contributed by atoms with Crippen molar-refractivity contribution in [3.8, 4) is 0 Å². The summed E-state index contributed by atoms with van der Waals surface area (Å²) in [7, 11) is 0. The predicted octanol–water partition coefficient (Wildman–Crippen LogP) is 0.188. The highest BCUT2D eigenvalue weighted by Crippen LogP contribution is 2.32. The van der Waals surface area contributed by atoms with Gasteiger partial charge < -0.3 is 14.8 Å². The van der Waals surface area contributed by atoms with Crippen LogP contribution in [0.3, 0.4) is 0 Å². The van der Waals surface area contributed by atoms with Crippen molar-refractivity contribution in [3.05, 3.63) is 0 Å². The van der Waals surface area contributed by atoms with E-state index in [1.54, 1.807) is 0 Å². The van der Waals surface area contributed by atoms with E-state index in [0.717, 1.165) is 45.8 Å². The summed E-state index contributed by atoms with van der Waals surface area (Å²) in [6.07, 6.45) is 2.27. The highest BCUT2D eigenvalue weighted by molar-refractivity contribution is 7.99. The molecule has 0 amide bonds. The molecular weight excluding hydrogens is 224 g/mol. The Balaban J connectivity index is 1.61. The Morgan fingerprint density at radius 2 is 1.94 bits per heavy atom. The van der Waals surface area contributed by atoms with Crippen LogP contribution in [0.1, 0.15) is 12.8 Å². The topological polar surface area (TPSA) is 42.5 Å². The van der Waals surface area contributed by atoms with Crippen molar-refractivity contribution in [1.82, 2.24) is 10.6 Å². The van der Waals surface area contributed by atoms with Gasteiger partial charge in [-0.15, -0.1) is 0 Å². The van der Waals surface area contributed by atoms with Gasteiger partial charge in [0, 0.05) is 13.1 Å². The molecule has 3 fully saturated rings. The standard InChI is InChI=1S/C11H20N2O2S/c1-5-16-6-2-11(1)13-7-10(9-15-11)8-14-4-3-12-10/h12-13H,1-9H2. The molecule has 16 heavy (non-hydrogen) atoms. The molecule has 3 aliphatic rings. The number of nitrogens with one attached hydrogen (secondary N) is 2. The van der Waals surface area contributed by atoms with Crippen LogP contribution < -0.4 is 10.6 Å². The smallest absolute Gasteiger partial charge is 0.120 e. The first-order chi connectivity index (χ1) is 7.83. The fourth-order valence-corrected chi connectivity index (χ4v) is 3.80. The van der Waals surface area contributed by atoms with Crippen LogP contribution in [0.4, 0.5) is 0 Å². The Bertz CT molecular complexity index is 212. The van der Waals surface area contributed by atoms with Gasteiger partial charge in [-0.05, 0) is 24.3 Å². The number of hydrogen-bond acceptors (Lipinski definition) is 5. The lowest BCUT2D eigenvalue weighted by atomic mass is 9.95. The number of ether oxygens (including phenoxy) is 2. The third-order valence-electron chi connectivity index (χ3n) is 3.80. The molecule has 0 radical (unpaired) electrons. The zero-order chi connectivity index (χ0) is 10.9. The van der Waals surface area contributed by atoms with Gasteiger partial charge >= 0.3 is 0 Å². The first-order valence-corrected chi connectivity index (χ1v) is 7.28. The van der Waals surface area contributed by atoms with Crippen molar-refractivity contribution in [1.29, 1.82) is 0 Å². The Hall–Kier alpha value is 0.190. The molecule has 0 aromatic rings. The summed E-state index contributed by atoms with van der Waals surface area (Å²) in [4.78, 5) is 0.